The second-order valence-electron chi connectivity index (χ2n) is 8.09. The van der Waals surface area contributed by atoms with Crippen molar-refractivity contribution in [2.75, 3.05) is 18.0 Å². The molecule has 1 aliphatic heterocycles. The third-order valence-corrected chi connectivity index (χ3v) is 6.46. The number of carbonyl (C=O) groups is 1. The molecular formula is C25H29Cl4N5O2. The summed E-state index contributed by atoms with van der Waals surface area (Å²) in [5, 5.41) is 7.87. The van der Waals surface area contributed by atoms with E-state index in [1.807, 2.05) is 41.3 Å². The minimum Gasteiger partial charge on any atom is -0.366 e. The lowest BCUT2D eigenvalue weighted by molar-refractivity contribution is -0.133. The number of rotatable bonds is 9. The second-order valence-corrected chi connectivity index (χ2v) is 8.90. The van der Waals surface area contributed by atoms with Gasteiger partial charge in [-0.05, 0) is 36.2 Å². The highest BCUT2D eigenvalue weighted by Gasteiger charge is 2.40. The van der Waals surface area contributed by atoms with E-state index in [4.69, 9.17) is 27.9 Å². The number of Topliss-reactive ketones (excluding diaryl/α,β-unsaturated/α-hetero) is 1. The molecule has 2 N–H and O–H groups in total. The highest BCUT2D eigenvalue weighted by atomic mass is 35.5. The summed E-state index contributed by atoms with van der Waals surface area (Å²) in [5.41, 5.74) is 1.98. The number of nitrogens with one attached hydrogen (secondary N) is 2. The maximum Gasteiger partial charge on any atom is 0.226 e. The Hall–Kier alpha value is -1.97. The van der Waals surface area contributed by atoms with Crippen LogP contribution in [-0.4, -0.2) is 47.2 Å². The lowest BCUT2D eigenvalue weighted by Gasteiger charge is -2.42. The number of ketones is 1. The van der Waals surface area contributed by atoms with Gasteiger partial charge in [-0.15, -0.1) is 24.8 Å². The Morgan fingerprint density at radius 3 is 2.50 bits per heavy atom. The van der Waals surface area contributed by atoms with E-state index >= 15 is 0 Å². The van der Waals surface area contributed by atoms with Gasteiger partial charge >= 0.3 is 0 Å². The van der Waals surface area contributed by atoms with Crippen LogP contribution in [0.2, 0.25) is 10.0 Å². The van der Waals surface area contributed by atoms with Crippen molar-refractivity contribution in [1.82, 2.24) is 20.6 Å². The van der Waals surface area contributed by atoms with Crippen molar-refractivity contribution in [1.29, 1.82) is 0 Å². The molecule has 2 aromatic carbocycles. The molecular weight excluding hydrogens is 544 g/mol. The van der Waals surface area contributed by atoms with Crippen LogP contribution in [0.1, 0.15) is 18.1 Å². The molecule has 36 heavy (non-hydrogen) atoms. The topological polar surface area (TPSA) is 79.4 Å². The summed E-state index contributed by atoms with van der Waals surface area (Å²) in [6.45, 7) is 3.92. The summed E-state index contributed by atoms with van der Waals surface area (Å²) < 4.78 is 5.96. The molecule has 0 radical (unpaired) electrons. The summed E-state index contributed by atoms with van der Waals surface area (Å²) in [4.78, 5) is 24.4. The molecule has 11 heteroatoms. The first-order valence-corrected chi connectivity index (χ1v) is 11.9. The van der Waals surface area contributed by atoms with Crippen LogP contribution in [0.15, 0.2) is 67.0 Å². The monoisotopic (exact) mass is 571 g/mol. The van der Waals surface area contributed by atoms with Gasteiger partial charge in [0.05, 0.1) is 22.8 Å². The van der Waals surface area contributed by atoms with Gasteiger partial charge in [0.2, 0.25) is 5.95 Å². The largest absolute Gasteiger partial charge is 0.366 e. The van der Waals surface area contributed by atoms with E-state index < -0.39 is 12.1 Å². The Morgan fingerprint density at radius 2 is 1.81 bits per heavy atom. The van der Waals surface area contributed by atoms with E-state index in [1.54, 1.807) is 37.5 Å². The van der Waals surface area contributed by atoms with Gasteiger partial charge in [-0.3, -0.25) is 15.4 Å². The fraction of sp³-hybridized carbons (Fsp3) is 0.320. The quantitative estimate of drug-likeness (QED) is 0.385. The van der Waals surface area contributed by atoms with Gasteiger partial charge in [0, 0.05) is 32.0 Å². The van der Waals surface area contributed by atoms with E-state index in [1.165, 1.54) is 0 Å². The molecule has 1 aliphatic rings. The number of hydrogen-bond donors (Lipinski definition) is 2. The number of ether oxygens (including phenoxy) is 1. The van der Waals surface area contributed by atoms with E-state index in [2.05, 4.69) is 20.6 Å². The van der Waals surface area contributed by atoms with Crippen LogP contribution in [0.4, 0.5) is 5.95 Å². The SMILES string of the molecule is CC(OCc1ccc(Cl)c(Cl)c1)C(=O)C1C(NCc2ccccc2)NCCN1c1ncccn1.Cl.Cl. The summed E-state index contributed by atoms with van der Waals surface area (Å²) in [5.74, 6) is 0.454. The summed E-state index contributed by atoms with van der Waals surface area (Å²) >= 11 is 12.1. The molecule has 0 saturated carbocycles. The normalized spacial score (nSPS) is 18.0. The predicted octanol–water partition coefficient (Wildman–Crippen LogP) is 4.70. The number of carbonyl (C=O) groups excluding carboxylic acids is 1. The number of aromatic nitrogens is 2. The van der Waals surface area contributed by atoms with E-state index in [0.29, 0.717) is 35.6 Å². The molecule has 0 aliphatic carbocycles. The lowest BCUT2D eigenvalue weighted by atomic mass is 10.0. The molecule has 7 nitrogen and oxygen atoms in total. The molecule has 194 valence electrons. The number of nitrogens with zero attached hydrogens (tertiary/aromatic N) is 3. The predicted molar refractivity (Wildman–Crippen MR) is 148 cm³/mol. The third-order valence-electron chi connectivity index (χ3n) is 5.72. The molecule has 1 fully saturated rings. The Bertz CT molecular complexity index is 1090. The van der Waals surface area contributed by atoms with Gasteiger partial charge in [0.25, 0.3) is 0 Å². The van der Waals surface area contributed by atoms with E-state index in [-0.39, 0.29) is 43.4 Å². The molecule has 4 rings (SSSR count). The van der Waals surface area contributed by atoms with Gasteiger partial charge in [0.15, 0.2) is 5.78 Å². The van der Waals surface area contributed by atoms with Crippen molar-refractivity contribution in [3.8, 4) is 0 Å². The van der Waals surface area contributed by atoms with Crippen LogP contribution in [0.5, 0.6) is 0 Å². The number of anilines is 1. The van der Waals surface area contributed by atoms with Crippen molar-refractivity contribution in [3.63, 3.8) is 0 Å². The van der Waals surface area contributed by atoms with Crippen LogP contribution < -0.4 is 15.5 Å². The molecule has 0 amide bonds. The zero-order chi connectivity index (χ0) is 23.9. The highest BCUT2D eigenvalue weighted by Crippen LogP contribution is 2.24. The van der Waals surface area contributed by atoms with Crippen LogP contribution in [-0.2, 0) is 22.7 Å². The van der Waals surface area contributed by atoms with Crippen LogP contribution in [0, 0.1) is 0 Å². The Morgan fingerprint density at radius 1 is 1.08 bits per heavy atom. The first kappa shape index (κ1) is 30.3. The number of piperazine rings is 1. The van der Waals surface area contributed by atoms with Crippen molar-refractivity contribution in [3.05, 3.63) is 88.2 Å². The molecule has 3 atom stereocenters. The second kappa shape index (κ2) is 14.7. The van der Waals surface area contributed by atoms with Gasteiger partial charge in [-0.1, -0.05) is 59.6 Å². The molecule has 1 saturated heterocycles. The van der Waals surface area contributed by atoms with Gasteiger partial charge in [-0.25, -0.2) is 9.97 Å². The Balaban J connectivity index is 0.00000228. The van der Waals surface area contributed by atoms with Gasteiger partial charge in [0.1, 0.15) is 12.1 Å². The van der Waals surface area contributed by atoms with Crippen molar-refractivity contribution in [2.24, 2.45) is 0 Å². The number of hydrogen-bond acceptors (Lipinski definition) is 7. The smallest absolute Gasteiger partial charge is 0.226 e. The minimum absolute atomic E-state index is 0. The van der Waals surface area contributed by atoms with E-state index in [0.717, 1.165) is 11.1 Å². The van der Waals surface area contributed by atoms with Gasteiger partial charge < -0.3 is 9.64 Å². The zero-order valence-electron chi connectivity index (χ0n) is 19.6. The van der Waals surface area contributed by atoms with Crippen molar-refractivity contribution < 1.29 is 9.53 Å². The maximum atomic E-state index is 13.7. The minimum atomic E-state index is -0.661. The van der Waals surface area contributed by atoms with Crippen LogP contribution in [0.25, 0.3) is 0 Å². The average Bonchev–Trinajstić information content (AvgIpc) is 2.88. The van der Waals surface area contributed by atoms with Crippen molar-refractivity contribution >= 4 is 59.7 Å². The number of halogens is 4. The summed E-state index contributed by atoms with van der Waals surface area (Å²) in [6, 6.07) is 16.6. The van der Waals surface area contributed by atoms with Crippen LogP contribution in [0.3, 0.4) is 0 Å². The molecule has 2 heterocycles. The third kappa shape index (κ3) is 7.76. The summed E-state index contributed by atoms with van der Waals surface area (Å²) in [6.07, 6.45) is 2.40. The highest BCUT2D eigenvalue weighted by molar-refractivity contribution is 6.42. The Labute approximate surface area is 233 Å². The zero-order valence-corrected chi connectivity index (χ0v) is 22.8. The standard InChI is InChI=1S/C25H27Cl2N5O2.2ClH/c1-17(34-16-19-8-9-20(26)21(27)14-19)23(33)22-24(31-15-18-6-3-2-4-7-18)28-12-13-32(22)25-29-10-5-11-30-25;;/h2-11,14,17,22,24,28,31H,12-13,15-16H2,1H3;2*1H. The fourth-order valence-electron chi connectivity index (χ4n) is 3.93. The maximum absolute atomic E-state index is 13.7. The molecule has 0 spiro atoms. The average molecular weight is 573 g/mol. The number of benzene rings is 2. The molecule has 0 bridgehead atoms. The van der Waals surface area contributed by atoms with Crippen LogP contribution >= 0.6 is 48.0 Å². The molecule has 3 aromatic rings. The van der Waals surface area contributed by atoms with Gasteiger partial charge in [-0.2, -0.15) is 0 Å². The fourth-order valence-corrected chi connectivity index (χ4v) is 4.25. The van der Waals surface area contributed by atoms with Crippen molar-refractivity contribution in [2.45, 2.75) is 38.4 Å². The first-order chi connectivity index (χ1) is 16.5. The van der Waals surface area contributed by atoms with E-state index in [9.17, 15) is 4.79 Å². The molecule has 1 aromatic heterocycles. The Kier molecular flexibility index (Phi) is 12.3. The summed E-state index contributed by atoms with van der Waals surface area (Å²) in [7, 11) is 0. The lowest BCUT2D eigenvalue weighted by Crippen LogP contribution is -2.67. The molecule has 3 unspecified atom stereocenters. The first-order valence-electron chi connectivity index (χ1n) is 11.2.